The summed E-state index contributed by atoms with van der Waals surface area (Å²) in [6.45, 7) is 3.01. The molecule has 1 aromatic heterocycles. The lowest BCUT2D eigenvalue weighted by molar-refractivity contribution is -0.138. The van der Waals surface area contributed by atoms with Gasteiger partial charge in [-0.2, -0.15) is 13.2 Å². The van der Waals surface area contributed by atoms with Crippen LogP contribution in [0.1, 0.15) is 40.4 Å². The Labute approximate surface area is 148 Å². The van der Waals surface area contributed by atoms with Crippen molar-refractivity contribution >= 4 is 17.6 Å². The molecular formula is C18H18F3N3O2. The largest absolute Gasteiger partial charge is 0.416 e. The standard InChI is InChI=1S/C18H18F3N3O2/c1-3-16(25)24-15-9-12(7-8-22-15)17(26)23-10-13-5-4-6-14(11(13)2)18(19,20)21/h4-9H,3,10H2,1-2H3,(H,23,26)(H,22,24,25). The van der Waals surface area contributed by atoms with Crippen LogP contribution in [-0.2, 0) is 17.5 Å². The predicted molar refractivity (Wildman–Crippen MR) is 90.5 cm³/mol. The van der Waals surface area contributed by atoms with Crippen molar-refractivity contribution in [3.63, 3.8) is 0 Å². The Bertz CT molecular complexity index is 820. The van der Waals surface area contributed by atoms with Gasteiger partial charge < -0.3 is 10.6 Å². The van der Waals surface area contributed by atoms with Gasteiger partial charge in [-0.1, -0.05) is 19.1 Å². The number of nitrogens with zero attached hydrogens (tertiary/aromatic N) is 1. The second kappa shape index (κ2) is 7.99. The van der Waals surface area contributed by atoms with Crippen LogP contribution < -0.4 is 10.6 Å². The van der Waals surface area contributed by atoms with E-state index in [0.29, 0.717) is 5.56 Å². The highest BCUT2D eigenvalue weighted by Gasteiger charge is 2.32. The van der Waals surface area contributed by atoms with Crippen molar-refractivity contribution < 1.29 is 22.8 Å². The number of halogens is 3. The van der Waals surface area contributed by atoms with Crippen molar-refractivity contribution in [3.8, 4) is 0 Å². The van der Waals surface area contributed by atoms with Crippen LogP contribution in [0.25, 0.3) is 0 Å². The molecular weight excluding hydrogens is 347 g/mol. The normalized spacial score (nSPS) is 11.1. The van der Waals surface area contributed by atoms with Crippen LogP contribution in [0.2, 0.25) is 0 Å². The number of aromatic nitrogens is 1. The number of rotatable bonds is 5. The van der Waals surface area contributed by atoms with Gasteiger partial charge in [-0.05, 0) is 36.2 Å². The van der Waals surface area contributed by atoms with Crippen molar-refractivity contribution in [2.45, 2.75) is 33.0 Å². The summed E-state index contributed by atoms with van der Waals surface area (Å²) in [6.07, 6.45) is -2.80. The monoisotopic (exact) mass is 365 g/mol. The maximum absolute atomic E-state index is 12.9. The van der Waals surface area contributed by atoms with Gasteiger partial charge in [0, 0.05) is 24.7 Å². The van der Waals surface area contributed by atoms with E-state index >= 15 is 0 Å². The highest BCUT2D eigenvalue weighted by molar-refractivity contribution is 5.96. The number of benzene rings is 1. The molecule has 0 radical (unpaired) electrons. The van der Waals surface area contributed by atoms with Gasteiger partial charge in [-0.25, -0.2) is 4.98 Å². The summed E-state index contributed by atoms with van der Waals surface area (Å²) in [5.74, 6) is -0.481. The van der Waals surface area contributed by atoms with Crippen LogP contribution in [0.15, 0.2) is 36.5 Å². The zero-order valence-corrected chi connectivity index (χ0v) is 14.3. The van der Waals surface area contributed by atoms with E-state index < -0.39 is 17.6 Å². The van der Waals surface area contributed by atoms with Gasteiger partial charge in [0.25, 0.3) is 5.91 Å². The average Bonchev–Trinajstić information content (AvgIpc) is 2.59. The Kier molecular flexibility index (Phi) is 5.97. The number of hydrogen-bond donors (Lipinski definition) is 2. The third-order valence-electron chi connectivity index (χ3n) is 3.80. The van der Waals surface area contributed by atoms with Crippen LogP contribution in [0, 0.1) is 6.92 Å². The summed E-state index contributed by atoms with van der Waals surface area (Å²) in [5, 5.41) is 5.12. The molecule has 1 aromatic carbocycles. The maximum Gasteiger partial charge on any atom is 0.416 e. The minimum atomic E-state index is -4.44. The van der Waals surface area contributed by atoms with E-state index in [0.717, 1.165) is 6.07 Å². The molecule has 0 aliphatic rings. The van der Waals surface area contributed by atoms with Crippen LogP contribution in [0.3, 0.4) is 0 Å². The fourth-order valence-corrected chi connectivity index (χ4v) is 2.33. The van der Waals surface area contributed by atoms with Crippen molar-refractivity contribution in [2.24, 2.45) is 0 Å². The van der Waals surface area contributed by atoms with E-state index in [2.05, 4.69) is 15.6 Å². The highest BCUT2D eigenvalue weighted by atomic mass is 19.4. The molecule has 2 N–H and O–H groups in total. The minimum absolute atomic E-state index is 0.0481. The van der Waals surface area contributed by atoms with E-state index in [4.69, 9.17) is 0 Å². The Morgan fingerprint density at radius 2 is 1.92 bits per heavy atom. The molecule has 1 heterocycles. The number of nitrogens with one attached hydrogen (secondary N) is 2. The van der Waals surface area contributed by atoms with Crippen LogP contribution in [0.5, 0.6) is 0 Å². The van der Waals surface area contributed by atoms with Gasteiger partial charge in [0.2, 0.25) is 5.91 Å². The fraction of sp³-hybridized carbons (Fsp3) is 0.278. The Morgan fingerprint density at radius 3 is 2.58 bits per heavy atom. The molecule has 0 spiro atoms. The van der Waals surface area contributed by atoms with Gasteiger partial charge >= 0.3 is 6.18 Å². The first-order chi connectivity index (χ1) is 12.2. The highest BCUT2D eigenvalue weighted by Crippen LogP contribution is 2.32. The first-order valence-electron chi connectivity index (χ1n) is 7.92. The molecule has 8 heteroatoms. The van der Waals surface area contributed by atoms with Crippen molar-refractivity contribution in [2.75, 3.05) is 5.32 Å². The minimum Gasteiger partial charge on any atom is -0.348 e. The third-order valence-corrected chi connectivity index (χ3v) is 3.80. The Morgan fingerprint density at radius 1 is 1.19 bits per heavy atom. The summed E-state index contributed by atoms with van der Waals surface area (Å²) < 4.78 is 38.8. The summed E-state index contributed by atoms with van der Waals surface area (Å²) in [6, 6.07) is 6.70. The van der Waals surface area contributed by atoms with Gasteiger partial charge in [0.05, 0.1) is 5.56 Å². The molecule has 2 rings (SSSR count). The molecule has 5 nitrogen and oxygen atoms in total. The average molecular weight is 365 g/mol. The van der Waals surface area contributed by atoms with E-state index in [1.54, 1.807) is 6.92 Å². The van der Waals surface area contributed by atoms with E-state index in [9.17, 15) is 22.8 Å². The molecule has 26 heavy (non-hydrogen) atoms. The number of carbonyl (C=O) groups excluding carboxylic acids is 2. The number of alkyl halides is 3. The predicted octanol–water partition coefficient (Wildman–Crippen LogP) is 3.69. The number of hydrogen-bond acceptors (Lipinski definition) is 3. The first kappa shape index (κ1) is 19.4. The Balaban J connectivity index is 2.10. The number of pyridine rings is 1. The summed E-state index contributed by atoms with van der Waals surface area (Å²) in [5.41, 5.74) is -0.0265. The molecule has 0 atom stereocenters. The topological polar surface area (TPSA) is 71.1 Å². The lowest BCUT2D eigenvalue weighted by Crippen LogP contribution is -2.24. The molecule has 0 unspecified atom stereocenters. The maximum atomic E-state index is 12.9. The van der Waals surface area contributed by atoms with Gasteiger partial charge in [0.1, 0.15) is 5.82 Å². The number of amides is 2. The zero-order chi connectivity index (χ0) is 19.3. The van der Waals surface area contributed by atoms with E-state index in [-0.39, 0.29) is 35.8 Å². The molecule has 0 saturated carbocycles. The molecule has 2 aromatic rings. The van der Waals surface area contributed by atoms with E-state index in [1.165, 1.54) is 37.4 Å². The second-order valence-corrected chi connectivity index (χ2v) is 5.60. The van der Waals surface area contributed by atoms with Crippen LogP contribution in [0.4, 0.5) is 19.0 Å². The quantitative estimate of drug-likeness (QED) is 0.849. The summed E-state index contributed by atoms with van der Waals surface area (Å²) >= 11 is 0. The van der Waals surface area contributed by atoms with Gasteiger partial charge in [-0.3, -0.25) is 9.59 Å². The molecule has 0 bridgehead atoms. The lowest BCUT2D eigenvalue weighted by atomic mass is 10.0. The third kappa shape index (κ3) is 4.81. The molecule has 2 amide bonds. The summed E-state index contributed by atoms with van der Waals surface area (Å²) in [7, 11) is 0. The fourth-order valence-electron chi connectivity index (χ4n) is 2.33. The SMILES string of the molecule is CCC(=O)Nc1cc(C(=O)NCc2cccc(C(F)(F)F)c2C)ccn1. The van der Waals surface area contributed by atoms with Crippen molar-refractivity contribution in [1.29, 1.82) is 0 Å². The summed E-state index contributed by atoms with van der Waals surface area (Å²) in [4.78, 5) is 27.6. The molecule has 0 aliphatic carbocycles. The molecule has 0 saturated heterocycles. The van der Waals surface area contributed by atoms with Crippen molar-refractivity contribution in [3.05, 3.63) is 58.8 Å². The smallest absolute Gasteiger partial charge is 0.348 e. The molecule has 0 aliphatic heterocycles. The molecule has 0 fully saturated rings. The first-order valence-corrected chi connectivity index (χ1v) is 7.92. The van der Waals surface area contributed by atoms with Gasteiger partial charge in [0.15, 0.2) is 0 Å². The molecule has 138 valence electrons. The van der Waals surface area contributed by atoms with E-state index in [1.807, 2.05) is 0 Å². The van der Waals surface area contributed by atoms with Crippen LogP contribution >= 0.6 is 0 Å². The van der Waals surface area contributed by atoms with Crippen LogP contribution in [-0.4, -0.2) is 16.8 Å². The Hall–Kier alpha value is -2.90. The number of carbonyl (C=O) groups is 2. The van der Waals surface area contributed by atoms with Crippen molar-refractivity contribution in [1.82, 2.24) is 10.3 Å². The second-order valence-electron chi connectivity index (χ2n) is 5.60. The number of anilines is 1. The lowest BCUT2D eigenvalue weighted by Gasteiger charge is -2.14. The zero-order valence-electron chi connectivity index (χ0n) is 14.3. The van der Waals surface area contributed by atoms with Gasteiger partial charge in [-0.15, -0.1) is 0 Å².